The summed E-state index contributed by atoms with van der Waals surface area (Å²) in [4.78, 5) is 49.7. The molecule has 9 nitrogen and oxygen atoms in total. The Kier molecular flexibility index (Phi) is 4.93. The van der Waals surface area contributed by atoms with Gasteiger partial charge in [-0.15, -0.1) is 5.10 Å². The van der Waals surface area contributed by atoms with Crippen LogP contribution in [-0.2, 0) is 9.59 Å². The summed E-state index contributed by atoms with van der Waals surface area (Å²) in [5.74, 6) is -0.345. The number of fused-ring (bicyclic) bond motifs is 2. The quantitative estimate of drug-likeness (QED) is 0.422. The van der Waals surface area contributed by atoms with Gasteiger partial charge in [-0.1, -0.05) is 47.7 Å². The van der Waals surface area contributed by atoms with E-state index in [0.29, 0.717) is 27.7 Å². The van der Waals surface area contributed by atoms with Gasteiger partial charge in [-0.05, 0) is 30.3 Å². The highest BCUT2D eigenvalue weighted by atomic mass is 32.1. The number of thiazole rings is 1. The van der Waals surface area contributed by atoms with Crippen molar-refractivity contribution >= 4 is 45.1 Å². The molecule has 4 heterocycles. The zero-order valence-electron chi connectivity index (χ0n) is 18.1. The summed E-state index contributed by atoms with van der Waals surface area (Å²) in [6.07, 6.45) is 3.25. The van der Waals surface area contributed by atoms with E-state index in [1.165, 1.54) is 9.42 Å². The fourth-order valence-corrected chi connectivity index (χ4v) is 5.03. The van der Waals surface area contributed by atoms with Crippen molar-refractivity contribution in [3.8, 4) is 11.4 Å². The molecule has 3 aromatic heterocycles. The van der Waals surface area contributed by atoms with Crippen LogP contribution >= 0.6 is 11.3 Å². The number of anilines is 2. The van der Waals surface area contributed by atoms with Crippen LogP contribution in [-0.4, -0.2) is 37.9 Å². The first kappa shape index (κ1) is 20.9. The molecule has 0 radical (unpaired) electrons. The predicted octanol–water partition coefficient (Wildman–Crippen LogP) is 2.12. The molecule has 0 fully saturated rings. The summed E-state index contributed by atoms with van der Waals surface area (Å²) < 4.78 is 1.45. The highest BCUT2D eigenvalue weighted by molar-refractivity contribution is 7.15. The summed E-state index contributed by atoms with van der Waals surface area (Å²) >= 11 is 1.10. The van der Waals surface area contributed by atoms with Crippen LogP contribution in [0.1, 0.15) is 5.56 Å². The van der Waals surface area contributed by atoms with E-state index in [-0.39, 0.29) is 22.6 Å². The Hall–Kier alpha value is -4.70. The summed E-state index contributed by atoms with van der Waals surface area (Å²) in [6.45, 7) is -0.185. The molecule has 0 bridgehead atoms. The average molecular weight is 481 g/mol. The van der Waals surface area contributed by atoms with Crippen LogP contribution in [0, 0.1) is 0 Å². The molecular weight excluding hydrogens is 464 g/mol. The van der Waals surface area contributed by atoms with E-state index in [4.69, 9.17) is 0 Å². The third-order valence-corrected chi connectivity index (χ3v) is 6.64. The second-order valence-corrected chi connectivity index (χ2v) is 8.78. The Morgan fingerprint density at radius 3 is 2.46 bits per heavy atom. The molecule has 0 spiro atoms. The maximum Gasteiger partial charge on any atom is 0.291 e. The van der Waals surface area contributed by atoms with Gasteiger partial charge in [-0.2, -0.15) is 9.50 Å². The van der Waals surface area contributed by atoms with Crippen molar-refractivity contribution in [2.75, 3.05) is 16.8 Å². The molecule has 2 amide bonds. The molecule has 6 rings (SSSR count). The first-order chi connectivity index (χ1) is 17.1. The molecule has 1 aliphatic rings. The standard InChI is InChI=1S/C25H16N6O3S/c32-19(27-16-6-2-1-3-7-16)14-30-18-9-5-4-8-17(18)20(23(30)33)21-24(34)31-25(35-21)28-22(29-31)15-10-12-26-13-11-15/h1-13H,14H2,(H,27,32)/b21-20-. The first-order valence-electron chi connectivity index (χ1n) is 10.7. The van der Waals surface area contributed by atoms with Gasteiger partial charge in [-0.25, -0.2) is 0 Å². The largest absolute Gasteiger partial charge is 0.325 e. The zero-order valence-corrected chi connectivity index (χ0v) is 18.9. The topological polar surface area (TPSA) is 110 Å². The van der Waals surface area contributed by atoms with Gasteiger partial charge in [0.05, 0.1) is 11.3 Å². The van der Waals surface area contributed by atoms with Crippen molar-refractivity contribution in [2.45, 2.75) is 0 Å². The molecule has 1 aliphatic heterocycles. The molecule has 0 atom stereocenters. The van der Waals surface area contributed by atoms with Gasteiger partial charge in [0.15, 0.2) is 5.82 Å². The summed E-state index contributed by atoms with van der Waals surface area (Å²) in [5, 5.41) is 7.14. The first-order valence-corrected chi connectivity index (χ1v) is 11.5. The van der Waals surface area contributed by atoms with Crippen molar-refractivity contribution in [1.29, 1.82) is 0 Å². The number of para-hydroxylation sites is 2. The van der Waals surface area contributed by atoms with E-state index >= 15 is 0 Å². The van der Waals surface area contributed by atoms with Crippen LogP contribution in [0.3, 0.4) is 0 Å². The van der Waals surface area contributed by atoms with Crippen LogP contribution in [0.15, 0.2) is 83.9 Å². The molecule has 0 saturated carbocycles. The number of aromatic nitrogens is 4. The zero-order chi connectivity index (χ0) is 23.9. The number of carbonyl (C=O) groups excluding carboxylic acids is 2. The number of benzene rings is 2. The number of hydrogen-bond donors (Lipinski definition) is 1. The fourth-order valence-electron chi connectivity index (χ4n) is 4.03. The number of hydrogen-bond acceptors (Lipinski definition) is 7. The summed E-state index contributed by atoms with van der Waals surface area (Å²) in [7, 11) is 0. The Morgan fingerprint density at radius 1 is 0.943 bits per heavy atom. The normalized spacial score (nSPS) is 14.4. The molecule has 0 saturated heterocycles. The molecule has 170 valence electrons. The lowest BCUT2D eigenvalue weighted by Gasteiger charge is -2.16. The van der Waals surface area contributed by atoms with Gasteiger partial charge >= 0.3 is 0 Å². The van der Waals surface area contributed by atoms with Crippen LogP contribution in [0.5, 0.6) is 0 Å². The van der Waals surface area contributed by atoms with Crippen LogP contribution in [0.4, 0.5) is 11.4 Å². The van der Waals surface area contributed by atoms with E-state index in [0.717, 1.165) is 16.9 Å². The molecule has 35 heavy (non-hydrogen) atoms. The van der Waals surface area contributed by atoms with Gasteiger partial charge in [0.2, 0.25) is 10.9 Å². The lowest BCUT2D eigenvalue weighted by Crippen LogP contribution is -2.37. The minimum Gasteiger partial charge on any atom is -0.325 e. The third-order valence-electron chi connectivity index (χ3n) is 5.61. The highest BCUT2D eigenvalue weighted by Crippen LogP contribution is 2.35. The van der Waals surface area contributed by atoms with Gasteiger partial charge in [0, 0.05) is 29.2 Å². The highest BCUT2D eigenvalue weighted by Gasteiger charge is 2.35. The maximum atomic E-state index is 13.5. The van der Waals surface area contributed by atoms with Crippen LogP contribution in [0.2, 0.25) is 0 Å². The third kappa shape index (κ3) is 3.56. The SMILES string of the molecule is O=C(CN1C(=O)/C(=c2\sc3nc(-c4ccncc4)nn3c2=O)c2ccccc21)Nc1ccccc1. The number of nitrogens with zero attached hydrogens (tertiary/aromatic N) is 5. The number of amides is 2. The summed E-state index contributed by atoms with van der Waals surface area (Å²) in [6, 6.07) is 19.7. The molecule has 5 aromatic rings. The van der Waals surface area contributed by atoms with E-state index in [1.807, 2.05) is 18.2 Å². The van der Waals surface area contributed by atoms with E-state index in [2.05, 4.69) is 20.4 Å². The van der Waals surface area contributed by atoms with Crippen molar-refractivity contribution in [1.82, 2.24) is 19.6 Å². The summed E-state index contributed by atoms with van der Waals surface area (Å²) in [5.41, 5.74) is 2.38. The lowest BCUT2D eigenvalue weighted by atomic mass is 10.1. The van der Waals surface area contributed by atoms with Crippen molar-refractivity contribution in [3.63, 3.8) is 0 Å². The Labute approximate surface area is 202 Å². The van der Waals surface area contributed by atoms with Gasteiger partial charge in [0.1, 0.15) is 11.1 Å². The van der Waals surface area contributed by atoms with Crippen LogP contribution < -0.4 is 20.3 Å². The Bertz CT molecular complexity index is 1710. The molecule has 0 unspecified atom stereocenters. The molecule has 10 heteroatoms. The maximum absolute atomic E-state index is 13.5. The monoisotopic (exact) mass is 480 g/mol. The second kappa shape index (κ2) is 8.26. The minimum atomic E-state index is -0.424. The number of pyridine rings is 1. The van der Waals surface area contributed by atoms with Crippen molar-refractivity contribution in [3.05, 3.63) is 99.6 Å². The van der Waals surface area contributed by atoms with Gasteiger partial charge < -0.3 is 5.32 Å². The van der Waals surface area contributed by atoms with Crippen molar-refractivity contribution in [2.24, 2.45) is 0 Å². The number of carbonyl (C=O) groups is 2. The van der Waals surface area contributed by atoms with Crippen molar-refractivity contribution < 1.29 is 9.59 Å². The van der Waals surface area contributed by atoms with Crippen LogP contribution in [0.25, 0.3) is 21.9 Å². The number of rotatable bonds is 4. The van der Waals surface area contributed by atoms with E-state index in [9.17, 15) is 14.4 Å². The molecule has 1 N–H and O–H groups in total. The average Bonchev–Trinajstić information content (AvgIpc) is 3.51. The minimum absolute atomic E-state index is 0.185. The second-order valence-electron chi connectivity index (χ2n) is 7.80. The fraction of sp³-hybridized carbons (Fsp3) is 0.0400. The van der Waals surface area contributed by atoms with Gasteiger partial charge in [-0.3, -0.25) is 24.3 Å². The van der Waals surface area contributed by atoms with Gasteiger partial charge in [0.25, 0.3) is 11.5 Å². The predicted molar refractivity (Wildman–Crippen MR) is 132 cm³/mol. The Morgan fingerprint density at radius 2 is 1.69 bits per heavy atom. The number of nitrogens with one attached hydrogen (secondary N) is 1. The molecule has 0 aliphatic carbocycles. The lowest BCUT2D eigenvalue weighted by molar-refractivity contribution is -0.118. The van der Waals surface area contributed by atoms with E-state index in [1.54, 1.807) is 60.9 Å². The molecule has 2 aromatic carbocycles. The van der Waals surface area contributed by atoms with E-state index < -0.39 is 11.5 Å². The Balaban J connectivity index is 1.41. The molecular formula is C25H16N6O3S. The smallest absolute Gasteiger partial charge is 0.291 e.